The monoisotopic (exact) mass is 288 g/mol. The molecule has 1 aromatic carbocycles. The van der Waals surface area contributed by atoms with Crippen molar-refractivity contribution in [2.75, 3.05) is 0 Å². The third-order valence-corrected chi connectivity index (χ3v) is 3.96. The largest absolute Gasteiger partial charge is 0.389 e. The molecule has 1 rings (SSSR count). The second kappa shape index (κ2) is 5.28. The average molecular weight is 289 g/mol. The third-order valence-electron chi connectivity index (χ3n) is 3.19. The van der Waals surface area contributed by atoms with E-state index in [0.717, 1.165) is 10.0 Å². The minimum atomic E-state index is -0.768. The van der Waals surface area contributed by atoms with Crippen LogP contribution in [0.2, 0.25) is 0 Å². The number of rotatable bonds is 4. The van der Waals surface area contributed by atoms with Crippen molar-refractivity contribution in [2.45, 2.75) is 39.2 Å². The van der Waals surface area contributed by atoms with Crippen molar-refractivity contribution in [3.8, 4) is 0 Å². The highest BCUT2D eigenvalue weighted by atomic mass is 79.9. The highest BCUT2D eigenvalue weighted by Crippen LogP contribution is 2.29. The first-order valence-electron chi connectivity index (χ1n) is 5.55. The molecule has 0 aliphatic heterocycles. The van der Waals surface area contributed by atoms with E-state index in [1.165, 1.54) is 12.1 Å². The molecule has 0 amide bonds. The summed E-state index contributed by atoms with van der Waals surface area (Å²) in [5.74, 6) is -0.118. The van der Waals surface area contributed by atoms with E-state index in [9.17, 15) is 9.50 Å². The fraction of sp³-hybridized carbons (Fsp3) is 0.538. The van der Waals surface area contributed by atoms with Crippen molar-refractivity contribution < 1.29 is 9.50 Å². The lowest BCUT2D eigenvalue weighted by atomic mass is 9.82. The van der Waals surface area contributed by atoms with Gasteiger partial charge < -0.3 is 5.11 Å². The van der Waals surface area contributed by atoms with Gasteiger partial charge in [-0.2, -0.15) is 0 Å². The summed E-state index contributed by atoms with van der Waals surface area (Å²) in [6, 6.07) is 4.57. The molecule has 90 valence electrons. The second-order valence-electron chi connectivity index (χ2n) is 4.52. The van der Waals surface area contributed by atoms with Gasteiger partial charge in [0.05, 0.1) is 5.60 Å². The number of hydrogen-bond donors (Lipinski definition) is 1. The zero-order valence-electron chi connectivity index (χ0n) is 9.93. The molecular weight excluding hydrogens is 271 g/mol. The van der Waals surface area contributed by atoms with Crippen LogP contribution in [0.25, 0.3) is 0 Å². The molecule has 0 fully saturated rings. The SMILES string of the molecule is CCC(O)(Cc1cc(F)ccc1Br)C(C)C. The molecule has 3 heteroatoms. The van der Waals surface area contributed by atoms with E-state index in [1.54, 1.807) is 6.07 Å². The maximum atomic E-state index is 13.1. The summed E-state index contributed by atoms with van der Waals surface area (Å²) in [6.07, 6.45) is 1.13. The van der Waals surface area contributed by atoms with Gasteiger partial charge in [-0.1, -0.05) is 36.7 Å². The van der Waals surface area contributed by atoms with Crippen LogP contribution >= 0.6 is 15.9 Å². The Hall–Kier alpha value is -0.410. The Balaban J connectivity index is 2.98. The minimum absolute atomic E-state index is 0.146. The van der Waals surface area contributed by atoms with E-state index in [-0.39, 0.29) is 11.7 Å². The lowest BCUT2D eigenvalue weighted by Crippen LogP contribution is -2.36. The van der Waals surface area contributed by atoms with Gasteiger partial charge in [0.1, 0.15) is 5.82 Å². The van der Waals surface area contributed by atoms with Gasteiger partial charge in [-0.25, -0.2) is 4.39 Å². The Labute approximate surface area is 105 Å². The molecular formula is C13H18BrFO. The Morgan fingerprint density at radius 3 is 2.56 bits per heavy atom. The first kappa shape index (κ1) is 13.7. The highest BCUT2D eigenvalue weighted by Gasteiger charge is 2.29. The molecule has 1 nitrogen and oxygen atoms in total. The van der Waals surface area contributed by atoms with Crippen molar-refractivity contribution in [3.63, 3.8) is 0 Å². The molecule has 0 aliphatic rings. The molecule has 0 aliphatic carbocycles. The second-order valence-corrected chi connectivity index (χ2v) is 5.38. The fourth-order valence-electron chi connectivity index (χ4n) is 1.75. The van der Waals surface area contributed by atoms with E-state index in [2.05, 4.69) is 15.9 Å². The zero-order chi connectivity index (χ0) is 12.3. The van der Waals surface area contributed by atoms with Gasteiger partial charge in [-0.15, -0.1) is 0 Å². The standard InChI is InChI=1S/C13H18BrFO/c1-4-13(16,9(2)3)8-10-7-11(15)5-6-12(10)14/h5-7,9,16H,4,8H2,1-3H3. The normalized spacial score (nSPS) is 15.2. The van der Waals surface area contributed by atoms with Gasteiger partial charge >= 0.3 is 0 Å². The molecule has 0 saturated carbocycles. The molecule has 1 atom stereocenters. The van der Waals surface area contributed by atoms with Gasteiger partial charge in [0.2, 0.25) is 0 Å². The Kier molecular flexibility index (Phi) is 4.51. The van der Waals surface area contributed by atoms with Crippen LogP contribution in [0.15, 0.2) is 22.7 Å². The van der Waals surface area contributed by atoms with Crippen LogP contribution in [0.1, 0.15) is 32.8 Å². The molecule has 1 unspecified atom stereocenters. The van der Waals surface area contributed by atoms with Crippen molar-refractivity contribution in [1.82, 2.24) is 0 Å². The average Bonchev–Trinajstić information content (AvgIpc) is 2.23. The summed E-state index contributed by atoms with van der Waals surface area (Å²) in [5, 5.41) is 10.4. The Morgan fingerprint density at radius 1 is 1.44 bits per heavy atom. The van der Waals surface area contributed by atoms with Crippen LogP contribution in [-0.2, 0) is 6.42 Å². The minimum Gasteiger partial charge on any atom is -0.389 e. The summed E-state index contributed by atoms with van der Waals surface area (Å²) in [5.41, 5.74) is 0.0501. The van der Waals surface area contributed by atoms with Crippen molar-refractivity contribution >= 4 is 15.9 Å². The summed E-state index contributed by atoms with van der Waals surface area (Å²) < 4.78 is 14.0. The predicted molar refractivity (Wildman–Crippen MR) is 67.9 cm³/mol. The zero-order valence-corrected chi connectivity index (χ0v) is 11.5. The van der Waals surface area contributed by atoms with Gasteiger partial charge in [-0.3, -0.25) is 0 Å². The fourth-order valence-corrected chi connectivity index (χ4v) is 2.13. The summed E-state index contributed by atoms with van der Waals surface area (Å²) in [4.78, 5) is 0. The molecule has 1 aromatic rings. The number of halogens is 2. The van der Waals surface area contributed by atoms with Crippen molar-refractivity contribution in [3.05, 3.63) is 34.1 Å². The maximum absolute atomic E-state index is 13.1. The molecule has 0 bridgehead atoms. The lowest BCUT2D eigenvalue weighted by Gasteiger charge is -2.31. The van der Waals surface area contributed by atoms with Gasteiger partial charge in [-0.05, 0) is 36.1 Å². The number of aliphatic hydroxyl groups is 1. The molecule has 16 heavy (non-hydrogen) atoms. The van der Waals surface area contributed by atoms with Crippen LogP contribution in [-0.4, -0.2) is 10.7 Å². The van der Waals surface area contributed by atoms with Crippen LogP contribution in [0.5, 0.6) is 0 Å². The van der Waals surface area contributed by atoms with Gasteiger partial charge in [0.25, 0.3) is 0 Å². The lowest BCUT2D eigenvalue weighted by molar-refractivity contribution is -0.00846. The van der Waals surface area contributed by atoms with Crippen molar-refractivity contribution in [1.29, 1.82) is 0 Å². The summed E-state index contributed by atoms with van der Waals surface area (Å²) >= 11 is 3.38. The van der Waals surface area contributed by atoms with Crippen LogP contribution in [0, 0.1) is 11.7 Å². The number of hydrogen-bond acceptors (Lipinski definition) is 1. The van der Waals surface area contributed by atoms with Crippen LogP contribution in [0.4, 0.5) is 4.39 Å². The summed E-state index contributed by atoms with van der Waals surface area (Å²) in [7, 11) is 0. The molecule has 1 N–H and O–H groups in total. The van der Waals surface area contributed by atoms with E-state index in [0.29, 0.717) is 12.8 Å². The molecule has 0 spiro atoms. The first-order valence-corrected chi connectivity index (χ1v) is 6.34. The smallest absolute Gasteiger partial charge is 0.123 e. The Bertz CT molecular complexity index is 365. The third kappa shape index (κ3) is 3.05. The van der Waals surface area contributed by atoms with E-state index >= 15 is 0 Å². The van der Waals surface area contributed by atoms with E-state index < -0.39 is 5.60 Å². The predicted octanol–water partition coefficient (Wildman–Crippen LogP) is 3.93. The topological polar surface area (TPSA) is 20.2 Å². The van der Waals surface area contributed by atoms with Crippen LogP contribution in [0.3, 0.4) is 0 Å². The molecule has 0 radical (unpaired) electrons. The highest BCUT2D eigenvalue weighted by molar-refractivity contribution is 9.10. The molecule has 0 heterocycles. The number of benzene rings is 1. The van der Waals surface area contributed by atoms with Crippen molar-refractivity contribution in [2.24, 2.45) is 5.92 Å². The van der Waals surface area contributed by atoms with Gasteiger partial charge in [0.15, 0.2) is 0 Å². The van der Waals surface area contributed by atoms with E-state index in [4.69, 9.17) is 0 Å². The van der Waals surface area contributed by atoms with Crippen LogP contribution < -0.4 is 0 Å². The van der Waals surface area contributed by atoms with E-state index in [1.807, 2.05) is 20.8 Å². The summed E-state index contributed by atoms with van der Waals surface area (Å²) in [6.45, 7) is 5.92. The van der Waals surface area contributed by atoms with Gasteiger partial charge in [0, 0.05) is 10.9 Å². The first-order chi connectivity index (χ1) is 7.39. The maximum Gasteiger partial charge on any atom is 0.123 e. The molecule has 0 saturated heterocycles. The Morgan fingerprint density at radius 2 is 2.06 bits per heavy atom. The molecule has 0 aromatic heterocycles. The quantitative estimate of drug-likeness (QED) is 0.890.